The fourth-order valence-electron chi connectivity index (χ4n) is 3.50. The maximum Gasteiger partial charge on any atom is 0.275 e. The third-order valence-corrected chi connectivity index (χ3v) is 6.26. The van der Waals surface area contributed by atoms with Crippen LogP contribution in [0.15, 0.2) is 70.6 Å². The van der Waals surface area contributed by atoms with E-state index in [0.29, 0.717) is 0 Å². The van der Waals surface area contributed by atoms with Crippen LogP contribution >= 0.6 is 11.8 Å². The van der Waals surface area contributed by atoms with Crippen molar-refractivity contribution in [1.29, 1.82) is 0 Å². The van der Waals surface area contributed by atoms with Gasteiger partial charge in [-0.05, 0) is 42.3 Å². The Balaban J connectivity index is 1.70. The van der Waals surface area contributed by atoms with Gasteiger partial charge in [-0.2, -0.15) is 0 Å². The lowest BCUT2D eigenvalue weighted by atomic mass is 10.1. The van der Waals surface area contributed by atoms with E-state index in [0.717, 1.165) is 22.5 Å². The van der Waals surface area contributed by atoms with Crippen LogP contribution in [0.3, 0.4) is 0 Å². The van der Waals surface area contributed by atoms with Gasteiger partial charge >= 0.3 is 0 Å². The van der Waals surface area contributed by atoms with Gasteiger partial charge < -0.3 is 9.64 Å². The number of thioether (sulfide) groups is 1. The zero-order valence-corrected chi connectivity index (χ0v) is 14.3. The van der Waals surface area contributed by atoms with Gasteiger partial charge in [0.25, 0.3) is 5.06 Å². The van der Waals surface area contributed by atoms with Crippen LogP contribution in [0.4, 0.5) is 11.4 Å². The predicted octanol–water partition coefficient (Wildman–Crippen LogP) is 5.22. The first-order valence-corrected chi connectivity index (χ1v) is 8.79. The van der Waals surface area contributed by atoms with Crippen molar-refractivity contribution in [2.75, 3.05) is 11.9 Å². The number of ether oxygens (including phenoxy) is 1. The molecule has 0 saturated carbocycles. The third-order valence-electron chi connectivity index (χ3n) is 4.77. The van der Waals surface area contributed by atoms with Crippen molar-refractivity contribution >= 4 is 39.6 Å². The molecule has 4 heteroatoms. The number of aliphatic imine (C=N–C) groups is 1. The van der Waals surface area contributed by atoms with E-state index >= 15 is 0 Å². The molecule has 0 amide bonds. The van der Waals surface area contributed by atoms with Crippen molar-refractivity contribution in [3.05, 3.63) is 60.7 Å². The van der Waals surface area contributed by atoms with Gasteiger partial charge in [-0.25, -0.2) is 4.99 Å². The molecule has 0 fully saturated rings. The lowest BCUT2D eigenvalue weighted by Crippen LogP contribution is -2.52. The maximum atomic E-state index is 6.55. The summed E-state index contributed by atoms with van der Waals surface area (Å²) in [5, 5.41) is 1.72. The normalized spacial score (nSPS) is 21.4. The van der Waals surface area contributed by atoms with Gasteiger partial charge in [-0.3, -0.25) is 0 Å². The molecule has 0 aliphatic carbocycles. The van der Waals surface area contributed by atoms with Crippen LogP contribution in [0.25, 0.3) is 10.8 Å². The number of rotatable bonds is 0. The molecule has 24 heavy (non-hydrogen) atoms. The van der Waals surface area contributed by atoms with E-state index in [1.165, 1.54) is 16.0 Å². The molecule has 3 nitrogen and oxygen atoms in total. The Morgan fingerprint density at radius 1 is 1.00 bits per heavy atom. The fourth-order valence-corrected chi connectivity index (χ4v) is 4.81. The van der Waals surface area contributed by atoms with Crippen molar-refractivity contribution < 1.29 is 4.74 Å². The summed E-state index contributed by atoms with van der Waals surface area (Å²) >= 11 is 1.72. The zero-order valence-electron chi connectivity index (χ0n) is 13.5. The van der Waals surface area contributed by atoms with E-state index in [-0.39, 0.29) is 0 Å². The number of nitrogens with zero attached hydrogens (tertiary/aromatic N) is 2. The van der Waals surface area contributed by atoms with Gasteiger partial charge in [0.1, 0.15) is 11.4 Å². The molecule has 0 N–H and O–H groups in total. The van der Waals surface area contributed by atoms with Crippen molar-refractivity contribution in [2.45, 2.75) is 16.9 Å². The minimum atomic E-state index is -0.598. The molecule has 0 radical (unpaired) electrons. The van der Waals surface area contributed by atoms with E-state index in [1.54, 1.807) is 11.8 Å². The fraction of sp³-hybridized carbons (Fsp3) is 0.150. The average molecular weight is 332 g/mol. The SMILES string of the molecule is CC1=Nc2c(ccc3ccccc23)OC12Sc1ccccc1N2C. The molecule has 1 spiro atoms. The van der Waals surface area contributed by atoms with Crippen LogP contribution in [0.2, 0.25) is 0 Å². The lowest BCUT2D eigenvalue weighted by molar-refractivity contribution is 0.233. The smallest absolute Gasteiger partial charge is 0.275 e. The monoisotopic (exact) mass is 332 g/mol. The summed E-state index contributed by atoms with van der Waals surface area (Å²) < 4.78 is 6.55. The Bertz CT molecular complexity index is 1010. The molecule has 3 aromatic rings. The summed E-state index contributed by atoms with van der Waals surface area (Å²) in [7, 11) is 2.07. The Morgan fingerprint density at radius 2 is 1.79 bits per heavy atom. The first kappa shape index (κ1) is 13.9. The van der Waals surface area contributed by atoms with Crippen LogP contribution in [0, 0.1) is 0 Å². The van der Waals surface area contributed by atoms with Gasteiger partial charge in [0.2, 0.25) is 0 Å². The van der Waals surface area contributed by atoms with Crippen molar-refractivity contribution in [3.63, 3.8) is 0 Å². The quantitative estimate of drug-likeness (QED) is 0.564. The molecular formula is C20H16N2OS. The largest absolute Gasteiger partial charge is 0.450 e. The molecule has 0 aromatic heterocycles. The molecule has 0 bridgehead atoms. The van der Waals surface area contributed by atoms with Gasteiger partial charge in [0.05, 0.1) is 11.4 Å². The second kappa shape index (κ2) is 4.77. The Labute approximate surface area is 145 Å². The molecule has 2 aliphatic rings. The van der Waals surface area contributed by atoms with Crippen molar-refractivity contribution in [1.82, 2.24) is 0 Å². The number of fused-ring (bicyclic) bond motifs is 4. The van der Waals surface area contributed by atoms with Crippen LogP contribution < -0.4 is 9.64 Å². The lowest BCUT2D eigenvalue weighted by Gasteiger charge is -2.39. The number of hydrogen-bond donors (Lipinski definition) is 0. The third kappa shape index (κ3) is 1.72. The zero-order chi connectivity index (χ0) is 16.3. The van der Waals surface area contributed by atoms with Crippen LogP contribution in [0.1, 0.15) is 6.92 Å². The van der Waals surface area contributed by atoms with E-state index in [9.17, 15) is 0 Å². The highest BCUT2D eigenvalue weighted by Gasteiger charge is 2.50. The Kier molecular flexibility index (Phi) is 2.77. The second-order valence-corrected chi connectivity index (χ2v) is 7.34. The van der Waals surface area contributed by atoms with Crippen LogP contribution in [-0.2, 0) is 0 Å². The summed E-state index contributed by atoms with van der Waals surface area (Å²) in [6.45, 7) is 2.06. The molecule has 3 aromatic carbocycles. The molecule has 2 heterocycles. The number of anilines is 1. The molecule has 0 saturated heterocycles. The molecule has 118 valence electrons. The predicted molar refractivity (Wildman–Crippen MR) is 101 cm³/mol. The second-order valence-electron chi connectivity index (χ2n) is 6.14. The van der Waals surface area contributed by atoms with Gasteiger partial charge in [0.15, 0.2) is 0 Å². The summed E-state index contributed by atoms with van der Waals surface area (Å²) in [6, 6.07) is 20.8. The van der Waals surface area contributed by atoms with E-state index in [2.05, 4.69) is 61.3 Å². The average Bonchev–Trinajstić information content (AvgIpc) is 2.89. The van der Waals surface area contributed by atoms with Gasteiger partial charge in [0, 0.05) is 17.3 Å². The van der Waals surface area contributed by atoms with Gasteiger partial charge in [-0.1, -0.05) is 42.5 Å². The molecular weight excluding hydrogens is 316 g/mol. The maximum absolute atomic E-state index is 6.55. The van der Waals surface area contributed by atoms with Crippen molar-refractivity contribution in [2.24, 2.45) is 4.99 Å². The topological polar surface area (TPSA) is 24.8 Å². The Morgan fingerprint density at radius 3 is 2.67 bits per heavy atom. The van der Waals surface area contributed by atoms with E-state index < -0.39 is 5.06 Å². The summed E-state index contributed by atoms with van der Waals surface area (Å²) in [5.74, 6) is 0.839. The molecule has 5 rings (SSSR count). The molecule has 1 atom stereocenters. The Hall–Kier alpha value is -2.46. The molecule has 2 aliphatic heterocycles. The first-order chi connectivity index (χ1) is 11.7. The van der Waals surface area contributed by atoms with E-state index in [4.69, 9.17) is 9.73 Å². The summed E-state index contributed by atoms with van der Waals surface area (Å²) in [5.41, 5.74) is 3.08. The first-order valence-electron chi connectivity index (χ1n) is 7.97. The highest BCUT2D eigenvalue weighted by molar-refractivity contribution is 8.02. The summed E-state index contributed by atoms with van der Waals surface area (Å²) in [4.78, 5) is 8.38. The summed E-state index contributed by atoms with van der Waals surface area (Å²) in [6.07, 6.45) is 0. The number of para-hydroxylation sites is 1. The standard InChI is InChI=1S/C20H16N2OS/c1-13-20(22(2)16-9-5-6-10-18(16)24-20)23-17-12-11-14-7-3-4-8-15(14)19(17)21-13/h3-12H,1-2H3. The van der Waals surface area contributed by atoms with E-state index in [1.807, 2.05) is 18.2 Å². The van der Waals surface area contributed by atoms with Crippen LogP contribution in [0.5, 0.6) is 5.75 Å². The van der Waals surface area contributed by atoms with Gasteiger partial charge in [-0.15, -0.1) is 0 Å². The minimum absolute atomic E-state index is 0.598. The molecule has 1 unspecified atom stereocenters. The highest BCUT2D eigenvalue weighted by Crippen LogP contribution is 2.54. The number of hydrogen-bond acceptors (Lipinski definition) is 4. The van der Waals surface area contributed by atoms with Crippen LogP contribution in [-0.4, -0.2) is 17.8 Å². The highest BCUT2D eigenvalue weighted by atomic mass is 32.2. The number of benzene rings is 3. The minimum Gasteiger partial charge on any atom is -0.450 e. The van der Waals surface area contributed by atoms with Crippen molar-refractivity contribution in [3.8, 4) is 5.75 Å².